The number of aromatic nitrogens is 4. The second-order valence-electron chi connectivity index (χ2n) is 7.08. The standard InChI is InChI=1S/C22H22N4O4.ClH/c1-12-11-26(25-13(12)2)17-6-5-14(7-18(17)27)8-21-23-16-10-20(30-4)19(29-3)9-15(16)22(28)24-21;/h5-7,9-11,27H,8H2,1-4H3,(H,23,24,28);1H. The third-order valence-electron chi connectivity index (χ3n) is 5.06. The molecule has 0 spiro atoms. The van der Waals surface area contributed by atoms with Gasteiger partial charge in [-0.3, -0.25) is 4.79 Å². The summed E-state index contributed by atoms with van der Waals surface area (Å²) in [6, 6.07) is 8.61. The van der Waals surface area contributed by atoms with Crippen LogP contribution in [0.2, 0.25) is 0 Å². The Hall–Kier alpha value is -3.52. The second-order valence-corrected chi connectivity index (χ2v) is 7.08. The van der Waals surface area contributed by atoms with Gasteiger partial charge in [0.2, 0.25) is 0 Å². The molecule has 0 fully saturated rings. The van der Waals surface area contributed by atoms with Crippen LogP contribution < -0.4 is 15.0 Å². The minimum Gasteiger partial charge on any atom is -0.506 e. The van der Waals surface area contributed by atoms with Crippen LogP contribution in [0.4, 0.5) is 0 Å². The zero-order valence-electron chi connectivity index (χ0n) is 17.6. The minimum absolute atomic E-state index is 0. The van der Waals surface area contributed by atoms with Crippen LogP contribution in [0.15, 0.2) is 41.3 Å². The van der Waals surface area contributed by atoms with Gasteiger partial charge in [0.15, 0.2) is 11.5 Å². The lowest BCUT2D eigenvalue weighted by molar-refractivity contribution is 0.355. The Morgan fingerprint density at radius 3 is 2.42 bits per heavy atom. The summed E-state index contributed by atoms with van der Waals surface area (Å²) in [5.41, 5.74) is 3.59. The van der Waals surface area contributed by atoms with E-state index in [0.29, 0.717) is 40.3 Å². The molecular formula is C22H23ClN4O4. The summed E-state index contributed by atoms with van der Waals surface area (Å²) in [6.07, 6.45) is 2.22. The predicted octanol–water partition coefficient (Wildman–Crippen LogP) is 3.46. The summed E-state index contributed by atoms with van der Waals surface area (Å²) in [4.78, 5) is 19.9. The van der Waals surface area contributed by atoms with Crippen molar-refractivity contribution in [2.24, 2.45) is 0 Å². The molecule has 0 aliphatic heterocycles. The molecule has 0 saturated heterocycles. The number of benzene rings is 2. The molecule has 0 bridgehead atoms. The molecule has 2 aromatic heterocycles. The molecule has 31 heavy (non-hydrogen) atoms. The SMILES string of the molecule is COc1cc2nc(Cc3ccc(-n4cc(C)c(C)n4)c(O)c3)[nH]c(=O)c2cc1OC.Cl. The highest BCUT2D eigenvalue weighted by Crippen LogP contribution is 2.30. The number of phenolic OH excluding ortho intramolecular Hbond substituents is 1. The Balaban J connectivity index is 0.00000272. The Labute approximate surface area is 184 Å². The smallest absolute Gasteiger partial charge is 0.258 e. The zero-order valence-corrected chi connectivity index (χ0v) is 18.4. The topological polar surface area (TPSA) is 102 Å². The average molecular weight is 443 g/mol. The number of methoxy groups -OCH3 is 2. The lowest BCUT2D eigenvalue weighted by Gasteiger charge is -2.10. The summed E-state index contributed by atoms with van der Waals surface area (Å²) in [5.74, 6) is 1.55. The summed E-state index contributed by atoms with van der Waals surface area (Å²) in [6.45, 7) is 3.89. The molecule has 2 N–H and O–H groups in total. The second kappa shape index (κ2) is 8.69. The number of hydrogen-bond acceptors (Lipinski definition) is 6. The Morgan fingerprint density at radius 2 is 1.81 bits per heavy atom. The van der Waals surface area contributed by atoms with Crippen LogP contribution >= 0.6 is 12.4 Å². The van der Waals surface area contributed by atoms with Crippen LogP contribution in [-0.2, 0) is 6.42 Å². The Bertz CT molecular complexity index is 1290. The summed E-state index contributed by atoms with van der Waals surface area (Å²) in [7, 11) is 3.05. The molecule has 0 radical (unpaired) electrons. The van der Waals surface area contributed by atoms with E-state index in [1.807, 2.05) is 26.1 Å². The molecule has 162 valence electrons. The van der Waals surface area contributed by atoms with Crippen molar-refractivity contribution >= 4 is 23.3 Å². The first kappa shape index (κ1) is 22.2. The van der Waals surface area contributed by atoms with Crippen LogP contribution in [0.3, 0.4) is 0 Å². The van der Waals surface area contributed by atoms with Crippen LogP contribution in [0.1, 0.15) is 22.6 Å². The van der Waals surface area contributed by atoms with E-state index in [0.717, 1.165) is 16.8 Å². The number of hydrogen-bond donors (Lipinski definition) is 2. The maximum absolute atomic E-state index is 12.5. The van der Waals surface area contributed by atoms with Gasteiger partial charge in [0.25, 0.3) is 5.56 Å². The van der Waals surface area contributed by atoms with Crippen LogP contribution in [-0.4, -0.2) is 39.1 Å². The molecule has 0 saturated carbocycles. The molecule has 4 rings (SSSR count). The molecule has 2 heterocycles. The van der Waals surface area contributed by atoms with Crippen molar-refractivity contribution in [3.63, 3.8) is 0 Å². The molecule has 0 aliphatic carbocycles. The maximum Gasteiger partial charge on any atom is 0.258 e. The van der Waals surface area contributed by atoms with Gasteiger partial charge >= 0.3 is 0 Å². The summed E-state index contributed by atoms with van der Waals surface area (Å²) >= 11 is 0. The molecular weight excluding hydrogens is 420 g/mol. The van der Waals surface area contributed by atoms with Gasteiger partial charge in [-0.2, -0.15) is 5.10 Å². The molecule has 2 aromatic carbocycles. The van der Waals surface area contributed by atoms with Gasteiger partial charge in [-0.25, -0.2) is 9.67 Å². The lowest BCUT2D eigenvalue weighted by atomic mass is 10.1. The first-order valence-corrected chi connectivity index (χ1v) is 9.39. The van der Waals surface area contributed by atoms with E-state index in [4.69, 9.17) is 9.47 Å². The van der Waals surface area contributed by atoms with E-state index in [9.17, 15) is 9.90 Å². The number of aromatic hydroxyl groups is 1. The van der Waals surface area contributed by atoms with Crippen molar-refractivity contribution in [3.8, 4) is 22.9 Å². The average Bonchev–Trinajstić information content (AvgIpc) is 3.05. The molecule has 4 aromatic rings. The number of nitrogens with zero attached hydrogens (tertiary/aromatic N) is 3. The lowest BCUT2D eigenvalue weighted by Crippen LogP contribution is -2.12. The number of aromatic amines is 1. The van der Waals surface area contributed by atoms with Crippen molar-refractivity contribution in [2.75, 3.05) is 14.2 Å². The summed E-state index contributed by atoms with van der Waals surface area (Å²) in [5, 5.41) is 15.3. The van der Waals surface area contributed by atoms with Crippen molar-refractivity contribution < 1.29 is 14.6 Å². The van der Waals surface area contributed by atoms with Gasteiger partial charge in [-0.05, 0) is 43.2 Å². The number of rotatable bonds is 5. The first-order valence-electron chi connectivity index (χ1n) is 9.39. The van der Waals surface area contributed by atoms with Gasteiger partial charge in [-0.15, -0.1) is 12.4 Å². The number of aryl methyl sites for hydroxylation is 2. The van der Waals surface area contributed by atoms with E-state index < -0.39 is 0 Å². The molecule has 0 unspecified atom stereocenters. The normalized spacial score (nSPS) is 10.7. The fourth-order valence-electron chi connectivity index (χ4n) is 3.33. The zero-order chi connectivity index (χ0) is 21.4. The number of H-pyrrole nitrogens is 1. The number of halogens is 1. The molecule has 8 nitrogen and oxygen atoms in total. The van der Waals surface area contributed by atoms with Crippen molar-refractivity contribution in [1.29, 1.82) is 0 Å². The van der Waals surface area contributed by atoms with E-state index in [1.165, 1.54) is 14.2 Å². The van der Waals surface area contributed by atoms with Crippen LogP contribution in [0, 0.1) is 13.8 Å². The van der Waals surface area contributed by atoms with Gasteiger partial charge < -0.3 is 19.6 Å². The third-order valence-corrected chi connectivity index (χ3v) is 5.06. The van der Waals surface area contributed by atoms with Gasteiger partial charge in [0.05, 0.1) is 30.8 Å². The fraction of sp³-hybridized carbons (Fsp3) is 0.227. The first-order chi connectivity index (χ1) is 14.4. The highest BCUT2D eigenvalue weighted by molar-refractivity contribution is 5.85. The number of nitrogens with one attached hydrogen (secondary N) is 1. The Kier molecular flexibility index (Phi) is 6.21. The van der Waals surface area contributed by atoms with E-state index in [2.05, 4.69) is 15.1 Å². The largest absolute Gasteiger partial charge is 0.506 e. The van der Waals surface area contributed by atoms with Crippen molar-refractivity contribution in [1.82, 2.24) is 19.7 Å². The highest BCUT2D eigenvalue weighted by atomic mass is 35.5. The molecule has 9 heteroatoms. The van der Waals surface area contributed by atoms with Gasteiger partial charge in [0, 0.05) is 18.7 Å². The molecule has 0 amide bonds. The van der Waals surface area contributed by atoms with E-state index >= 15 is 0 Å². The van der Waals surface area contributed by atoms with Crippen LogP contribution in [0.25, 0.3) is 16.6 Å². The summed E-state index contributed by atoms with van der Waals surface area (Å²) < 4.78 is 12.2. The fourth-order valence-corrected chi connectivity index (χ4v) is 3.33. The quantitative estimate of drug-likeness (QED) is 0.490. The maximum atomic E-state index is 12.5. The minimum atomic E-state index is -0.265. The van der Waals surface area contributed by atoms with Gasteiger partial charge in [0.1, 0.15) is 17.3 Å². The van der Waals surface area contributed by atoms with Crippen molar-refractivity contribution in [2.45, 2.75) is 20.3 Å². The molecule has 0 atom stereocenters. The number of ether oxygens (including phenoxy) is 2. The van der Waals surface area contributed by atoms with Gasteiger partial charge in [-0.1, -0.05) is 6.07 Å². The van der Waals surface area contributed by atoms with E-state index in [-0.39, 0.29) is 23.7 Å². The predicted molar refractivity (Wildman–Crippen MR) is 120 cm³/mol. The Morgan fingerprint density at radius 1 is 1.10 bits per heavy atom. The molecule has 0 aliphatic rings. The third kappa shape index (κ3) is 4.20. The number of fused-ring (bicyclic) bond motifs is 1. The van der Waals surface area contributed by atoms with E-state index in [1.54, 1.807) is 28.9 Å². The van der Waals surface area contributed by atoms with Crippen LogP contribution in [0.5, 0.6) is 17.2 Å². The number of phenols is 1. The monoisotopic (exact) mass is 442 g/mol. The highest BCUT2D eigenvalue weighted by Gasteiger charge is 2.13. The van der Waals surface area contributed by atoms with Crippen molar-refractivity contribution in [3.05, 3.63) is 69.5 Å².